The number of benzene rings is 1. The van der Waals surface area contributed by atoms with Crippen molar-refractivity contribution in [1.29, 1.82) is 5.26 Å². The number of likely N-dealkylation sites (tertiary alicyclic amines) is 1. The summed E-state index contributed by atoms with van der Waals surface area (Å²) in [5.74, 6) is 0.0825. The minimum Gasteiger partial charge on any atom is -0.339 e. The fourth-order valence-corrected chi connectivity index (χ4v) is 2.06. The Labute approximate surface area is 107 Å². The molecule has 3 nitrogen and oxygen atoms in total. The predicted molar refractivity (Wildman–Crippen MR) is 70.6 cm³/mol. The third-order valence-corrected chi connectivity index (χ3v) is 3.13. The molecule has 0 aromatic heterocycles. The van der Waals surface area contributed by atoms with Crippen LogP contribution in [0.4, 0.5) is 0 Å². The Morgan fingerprint density at radius 3 is 2.44 bits per heavy atom. The Morgan fingerprint density at radius 1 is 1.17 bits per heavy atom. The first-order valence-corrected chi connectivity index (χ1v) is 6.27. The molecule has 1 saturated heterocycles. The molecule has 0 saturated carbocycles. The van der Waals surface area contributed by atoms with Crippen LogP contribution in [-0.4, -0.2) is 23.9 Å². The number of piperidine rings is 1. The molecular weight excluding hydrogens is 224 g/mol. The van der Waals surface area contributed by atoms with E-state index < -0.39 is 0 Å². The largest absolute Gasteiger partial charge is 0.339 e. The van der Waals surface area contributed by atoms with Crippen LogP contribution in [0.2, 0.25) is 0 Å². The van der Waals surface area contributed by atoms with Gasteiger partial charge in [0, 0.05) is 19.2 Å². The van der Waals surface area contributed by atoms with Crippen LogP contribution in [0.3, 0.4) is 0 Å². The summed E-state index contributed by atoms with van der Waals surface area (Å²) in [6.07, 6.45) is 6.86. The van der Waals surface area contributed by atoms with Gasteiger partial charge in [0.1, 0.15) is 0 Å². The van der Waals surface area contributed by atoms with E-state index in [9.17, 15) is 4.79 Å². The third-order valence-electron chi connectivity index (χ3n) is 3.13. The van der Waals surface area contributed by atoms with E-state index in [-0.39, 0.29) is 5.91 Å². The van der Waals surface area contributed by atoms with Crippen LogP contribution >= 0.6 is 0 Å². The van der Waals surface area contributed by atoms with Crippen LogP contribution in [0.1, 0.15) is 30.4 Å². The predicted octanol–water partition coefficient (Wildman–Crippen LogP) is 2.58. The second-order valence-corrected chi connectivity index (χ2v) is 4.45. The van der Waals surface area contributed by atoms with E-state index in [4.69, 9.17) is 5.26 Å². The number of hydrogen-bond acceptors (Lipinski definition) is 2. The van der Waals surface area contributed by atoms with Crippen molar-refractivity contribution in [2.24, 2.45) is 0 Å². The molecule has 0 atom stereocenters. The van der Waals surface area contributed by atoms with Gasteiger partial charge >= 0.3 is 0 Å². The summed E-state index contributed by atoms with van der Waals surface area (Å²) >= 11 is 0. The molecule has 3 heteroatoms. The summed E-state index contributed by atoms with van der Waals surface area (Å²) in [7, 11) is 0. The molecule has 1 fully saturated rings. The zero-order valence-electron chi connectivity index (χ0n) is 10.3. The van der Waals surface area contributed by atoms with Crippen LogP contribution in [0.25, 0.3) is 6.08 Å². The van der Waals surface area contributed by atoms with Gasteiger partial charge in [-0.05, 0) is 43.0 Å². The number of rotatable bonds is 2. The zero-order chi connectivity index (χ0) is 12.8. The van der Waals surface area contributed by atoms with Gasteiger partial charge in [-0.3, -0.25) is 4.79 Å². The van der Waals surface area contributed by atoms with Crippen molar-refractivity contribution < 1.29 is 4.79 Å². The Hall–Kier alpha value is -2.08. The van der Waals surface area contributed by atoms with Crippen molar-refractivity contribution in [1.82, 2.24) is 4.90 Å². The molecule has 0 unspecified atom stereocenters. The van der Waals surface area contributed by atoms with Gasteiger partial charge in [-0.15, -0.1) is 0 Å². The van der Waals surface area contributed by atoms with Crippen molar-refractivity contribution in [2.45, 2.75) is 19.3 Å². The SMILES string of the molecule is N#Cc1ccc(/C=C\C(=O)N2CCCCC2)cc1. The van der Waals surface area contributed by atoms with Gasteiger partial charge in [0.2, 0.25) is 5.91 Å². The molecule has 2 rings (SSSR count). The lowest BCUT2D eigenvalue weighted by atomic mass is 10.1. The van der Waals surface area contributed by atoms with E-state index in [1.165, 1.54) is 6.42 Å². The number of hydrogen-bond donors (Lipinski definition) is 0. The Morgan fingerprint density at radius 2 is 1.83 bits per heavy atom. The Bertz CT molecular complexity index is 476. The van der Waals surface area contributed by atoms with Crippen molar-refractivity contribution in [2.75, 3.05) is 13.1 Å². The topological polar surface area (TPSA) is 44.1 Å². The molecule has 1 aromatic carbocycles. The Balaban J connectivity index is 1.96. The molecule has 1 aromatic rings. The average Bonchev–Trinajstić information content (AvgIpc) is 2.46. The van der Waals surface area contributed by atoms with Crippen LogP contribution in [-0.2, 0) is 4.79 Å². The monoisotopic (exact) mass is 240 g/mol. The van der Waals surface area contributed by atoms with Gasteiger partial charge in [0.25, 0.3) is 0 Å². The van der Waals surface area contributed by atoms with E-state index in [1.807, 2.05) is 17.0 Å². The fourth-order valence-electron chi connectivity index (χ4n) is 2.06. The summed E-state index contributed by atoms with van der Waals surface area (Å²) in [6, 6.07) is 9.27. The summed E-state index contributed by atoms with van der Waals surface area (Å²) < 4.78 is 0. The molecule has 0 radical (unpaired) electrons. The quantitative estimate of drug-likeness (QED) is 0.746. The lowest BCUT2D eigenvalue weighted by Gasteiger charge is -2.25. The maximum Gasteiger partial charge on any atom is 0.246 e. The van der Waals surface area contributed by atoms with Crippen LogP contribution in [0.5, 0.6) is 0 Å². The minimum atomic E-state index is 0.0825. The highest BCUT2D eigenvalue weighted by Gasteiger charge is 2.13. The highest BCUT2D eigenvalue weighted by molar-refractivity contribution is 5.91. The minimum absolute atomic E-state index is 0.0825. The van der Waals surface area contributed by atoms with Gasteiger partial charge in [-0.1, -0.05) is 12.1 Å². The second-order valence-electron chi connectivity index (χ2n) is 4.45. The summed E-state index contributed by atoms with van der Waals surface area (Å²) in [5, 5.41) is 8.69. The number of carbonyl (C=O) groups excluding carboxylic acids is 1. The number of amides is 1. The first-order chi connectivity index (χ1) is 8.79. The molecule has 18 heavy (non-hydrogen) atoms. The van der Waals surface area contributed by atoms with Crippen LogP contribution < -0.4 is 0 Å². The second kappa shape index (κ2) is 6.02. The molecule has 92 valence electrons. The van der Waals surface area contributed by atoms with Crippen molar-refractivity contribution >= 4 is 12.0 Å². The van der Waals surface area contributed by atoms with Gasteiger partial charge in [-0.2, -0.15) is 5.26 Å². The molecule has 1 aliphatic rings. The Kier molecular flexibility index (Phi) is 4.14. The van der Waals surface area contributed by atoms with Gasteiger partial charge in [0.05, 0.1) is 11.6 Å². The molecule has 1 amide bonds. The summed E-state index contributed by atoms with van der Waals surface area (Å²) in [5.41, 5.74) is 1.58. The van der Waals surface area contributed by atoms with Gasteiger partial charge < -0.3 is 4.90 Å². The third kappa shape index (κ3) is 3.21. The number of nitriles is 1. The van der Waals surface area contributed by atoms with Gasteiger partial charge in [-0.25, -0.2) is 0 Å². The van der Waals surface area contributed by atoms with Crippen molar-refractivity contribution in [3.8, 4) is 6.07 Å². The van der Waals surface area contributed by atoms with E-state index in [2.05, 4.69) is 6.07 Å². The molecular formula is C15H16N2O. The molecule has 1 aliphatic heterocycles. The maximum atomic E-state index is 11.9. The number of nitrogens with zero attached hydrogens (tertiary/aromatic N) is 2. The van der Waals surface area contributed by atoms with E-state index in [1.54, 1.807) is 24.3 Å². The lowest BCUT2D eigenvalue weighted by Crippen LogP contribution is -2.34. The lowest BCUT2D eigenvalue weighted by molar-refractivity contribution is -0.126. The normalized spacial score (nSPS) is 15.6. The molecule has 1 heterocycles. The molecule has 0 N–H and O–H groups in total. The first-order valence-electron chi connectivity index (χ1n) is 6.27. The van der Waals surface area contributed by atoms with Crippen molar-refractivity contribution in [3.63, 3.8) is 0 Å². The van der Waals surface area contributed by atoms with Crippen LogP contribution in [0.15, 0.2) is 30.3 Å². The number of carbonyl (C=O) groups is 1. The smallest absolute Gasteiger partial charge is 0.246 e. The van der Waals surface area contributed by atoms with E-state index >= 15 is 0 Å². The maximum absolute atomic E-state index is 11.9. The van der Waals surface area contributed by atoms with E-state index in [0.717, 1.165) is 31.5 Å². The summed E-state index contributed by atoms with van der Waals surface area (Å²) in [6.45, 7) is 1.74. The van der Waals surface area contributed by atoms with E-state index in [0.29, 0.717) is 5.56 Å². The summed E-state index contributed by atoms with van der Waals surface area (Å²) in [4.78, 5) is 13.8. The van der Waals surface area contributed by atoms with Gasteiger partial charge in [0.15, 0.2) is 0 Å². The van der Waals surface area contributed by atoms with Crippen LogP contribution in [0, 0.1) is 11.3 Å². The molecule has 0 bridgehead atoms. The van der Waals surface area contributed by atoms with Crippen molar-refractivity contribution in [3.05, 3.63) is 41.5 Å². The highest BCUT2D eigenvalue weighted by atomic mass is 16.2. The first kappa shape index (κ1) is 12.4. The fraction of sp³-hybridized carbons (Fsp3) is 0.333. The zero-order valence-corrected chi connectivity index (χ0v) is 10.3. The molecule has 0 aliphatic carbocycles. The average molecular weight is 240 g/mol. The standard InChI is InChI=1S/C15H16N2O/c16-12-14-6-4-13(5-7-14)8-9-15(18)17-10-2-1-3-11-17/h4-9H,1-3,10-11H2/b9-8-. The highest BCUT2D eigenvalue weighted by Crippen LogP contribution is 2.10. The molecule has 0 spiro atoms.